The summed E-state index contributed by atoms with van der Waals surface area (Å²) in [5.41, 5.74) is 11.2. The van der Waals surface area contributed by atoms with E-state index in [0.29, 0.717) is 12.5 Å². The molecule has 1 aliphatic rings. The van der Waals surface area contributed by atoms with Crippen LogP contribution in [0.2, 0.25) is 0 Å². The predicted molar refractivity (Wildman–Crippen MR) is 90.4 cm³/mol. The zero-order valence-electron chi connectivity index (χ0n) is 13.4. The highest BCUT2D eigenvalue weighted by Gasteiger charge is 2.22. The second-order valence-corrected chi connectivity index (χ2v) is 5.96. The van der Waals surface area contributed by atoms with Crippen molar-refractivity contribution in [2.24, 2.45) is 5.11 Å². The number of hydrogen-bond donors (Lipinski definition) is 0. The maximum atomic E-state index is 8.62. The third kappa shape index (κ3) is 4.05. The summed E-state index contributed by atoms with van der Waals surface area (Å²) in [6, 6.07) is 6.45. The molecule has 118 valence electrons. The van der Waals surface area contributed by atoms with Crippen molar-refractivity contribution in [1.82, 2.24) is 0 Å². The molecule has 0 aromatic heterocycles. The summed E-state index contributed by atoms with van der Waals surface area (Å²) in [7, 11) is 1.74. The Morgan fingerprint density at radius 3 is 2.86 bits per heavy atom. The first-order valence-electron chi connectivity index (χ1n) is 8.09. The van der Waals surface area contributed by atoms with Gasteiger partial charge in [-0.05, 0) is 60.2 Å². The highest BCUT2D eigenvalue weighted by Crippen LogP contribution is 2.40. The summed E-state index contributed by atoms with van der Waals surface area (Å²) < 4.78 is 5.56. The lowest BCUT2D eigenvalue weighted by atomic mass is 9.88. The molecule has 4 heteroatoms. The van der Waals surface area contributed by atoms with Gasteiger partial charge >= 0.3 is 0 Å². The Balaban J connectivity index is 2.28. The molecule has 22 heavy (non-hydrogen) atoms. The average Bonchev–Trinajstić information content (AvgIpc) is 3.09. The van der Waals surface area contributed by atoms with Gasteiger partial charge in [0.2, 0.25) is 0 Å². The van der Waals surface area contributed by atoms with Gasteiger partial charge in [-0.2, -0.15) is 0 Å². The van der Waals surface area contributed by atoms with E-state index in [1.165, 1.54) is 36.8 Å². The average molecular weight is 299 g/mol. The van der Waals surface area contributed by atoms with Crippen LogP contribution in [0.3, 0.4) is 0 Å². The Bertz CT molecular complexity index is 543. The van der Waals surface area contributed by atoms with Crippen molar-refractivity contribution < 1.29 is 4.74 Å². The molecule has 0 aliphatic heterocycles. The SMILES string of the molecule is C=CCC[C@H](CN=[N+]=[N-])c1ccc(OC)c(C2CCCC2)c1. The second-order valence-electron chi connectivity index (χ2n) is 5.96. The number of hydrogen-bond acceptors (Lipinski definition) is 2. The summed E-state index contributed by atoms with van der Waals surface area (Å²) >= 11 is 0. The van der Waals surface area contributed by atoms with Gasteiger partial charge in [-0.3, -0.25) is 0 Å². The van der Waals surface area contributed by atoms with E-state index in [2.05, 4.69) is 34.8 Å². The van der Waals surface area contributed by atoms with Gasteiger partial charge < -0.3 is 4.74 Å². The number of azide groups is 1. The van der Waals surface area contributed by atoms with Crippen molar-refractivity contribution in [2.45, 2.75) is 50.4 Å². The molecule has 1 aromatic rings. The molecule has 0 heterocycles. The Kier molecular flexibility index (Phi) is 6.35. The molecular weight excluding hydrogens is 274 g/mol. The van der Waals surface area contributed by atoms with E-state index in [9.17, 15) is 0 Å². The molecule has 0 bridgehead atoms. The van der Waals surface area contributed by atoms with E-state index in [-0.39, 0.29) is 5.92 Å². The molecule has 0 N–H and O–H groups in total. The van der Waals surface area contributed by atoms with Gasteiger partial charge in [0, 0.05) is 11.5 Å². The zero-order valence-corrected chi connectivity index (χ0v) is 13.4. The fraction of sp³-hybridized carbons (Fsp3) is 0.556. The molecule has 0 saturated heterocycles. The summed E-state index contributed by atoms with van der Waals surface area (Å²) in [5, 5.41) is 3.79. The lowest BCUT2D eigenvalue weighted by Crippen LogP contribution is -2.05. The Morgan fingerprint density at radius 2 is 2.23 bits per heavy atom. The molecule has 1 fully saturated rings. The van der Waals surface area contributed by atoms with Crippen LogP contribution in [0.5, 0.6) is 5.75 Å². The number of rotatable bonds is 8. The topological polar surface area (TPSA) is 58.0 Å². The van der Waals surface area contributed by atoms with Crippen LogP contribution in [0, 0.1) is 0 Å². The van der Waals surface area contributed by atoms with E-state index in [1.807, 2.05) is 6.08 Å². The normalized spacial score (nSPS) is 16.0. The molecule has 1 aliphatic carbocycles. The van der Waals surface area contributed by atoms with Crippen LogP contribution >= 0.6 is 0 Å². The third-order valence-corrected chi connectivity index (χ3v) is 4.60. The maximum Gasteiger partial charge on any atom is 0.122 e. The second kappa shape index (κ2) is 8.50. The number of benzene rings is 1. The van der Waals surface area contributed by atoms with E-state index in [0.717, 1.165) is 18.6 Å². The molecular formula is C18H25N3O. The van der Waals surface area contributed by atoms with E-state index in [1.54, 1.807) is 7.11 Å². The summed E-state index contributed by atoms with van der Waals surface area (Å²) in [6.07, 6.45) is 8.90. The van der Waals surface area contributed by atoms with Crippen LogP contribution in [0.15, 0.2) is 36.0 Å². The molecule has 1 aromatic carbocycles. The lowest BCUT2D eigenvalue weighted by molar-refractivity contribution is 0.405. The third-order valence-electron chi connectivity index (χ3n) is 4.60. The van der Waals surface area contributed by atoms with Gasteiger partial charge in [0.15, 0.2) is 0 Å². The van der Waals surface area contributed by atoms with Gasteiger partial charge in [0.05, 0.1) is 7.11 Å². The van der Waals surface area contributed by atoms with Crippen LogP contribution in [-0.4, -0.2) is 13.7 Å². The fourth-order valence-corrected chi connectivity index (χ4v) is 3.38. The van der Waals surface area contributed by atoms with Crippen LogP contribution in [0.25, 0.3) is 10.4 Å². The van der Waals surface area contributed by atoms with Crippen molar-refractivity contribution in [3.8, 4) is 5.75 Å². The van der Waals surface area contributed by atoms with Crippen LogP contribution in [-0.2, 0) is 0 Å². The van der Waals surface area contributed by atoms with Gasteiger partial charge in [-0.25, -0.2) is 0 Å². The van der Waals surface area contributed by atoms with Crippen LogP contribution < -0.4 is 4.74 Å². The first kappa shape index (κ1) is 16.4. The smallest absolute Gasteiger partial charge is 0.122 e. The standard InChI is InChI=1S/C18H25N3O/c1-3-4-7-16(13-20-21-19)15-10-11-18(22-2)17(12-15)14-8-5-6-9-14/h3,10-12,14,16H,1,4-9,13H2,2H3/t16-/m1/s1. The van der Waals surface area contributed by atoms with Crippen molar-refractivity contribution in [3.63, 3.8) is 0 Å². The quantitative estimate of drug-likeness (QED) is 0.262. The highest BCUT2D eigenvalue weighted by molar-refractivity contribution is 5.41. The number of allylic oxidation sites excluding steroid dienone is 1. The van der Waals surface area contributed by atoms with E-state index >= 15 is 0 Å². The monoisotopic (exact) mass is 299 g/mol. The molecule has 1 saturated carbocycles. The molecule has 4 nitrogen and oxygen atoms in total. The van der Waals surface area contributed by atoms with Gasteiger partial charge in [0.25, 0.3) is 0 Å². The molecule has 0 unspecified atom stereocenters. The van der Waals surface area contributed by atoms with Crippen molar-refractivity contribution >= 4 is 0 Å². The van der Waals surface area contributed by atoms with Gasteiger partial charge in [-0.15, -0.1) is 6.58 Å². The fourth-order valence-electron chi connectivity index (χ4n) is 3.38. The molecule has 1 atom stereocenters. The predicted octanol–water partition coefficient (Wildman–Crippen LogP) is 5.71. The minimum atomic E-state index is 0.250. The first-order valence-corrected chi connectivity index (χ1v) is 8.09. The molecule has 2 rings (SSSR count). The summed E-state index contributed by atoms with van der Waals surface area (Å²) in [6.45, 7) is 4.29. The molecule has 0 radical (unpaired) electrons. The zero-order chi connectivity index (χ0) is 15.8. The van der Waals surface area contributed by atoms with Crippen LogP contribution in [0.4, 0.5) is 0 Å². The molecule has 0 amide bonds. The largest absolute Gasteiger partial charge is 0.496 e. The Labute approximate surface area is 132 Å². The van der Waals surface area contributed by atoms with Crippen molar-refractivity contribution in [3.05, 3.63) is 52.4 Å². The van der Waals surface area contributed by atoms with Crippen LogP contribution in [0.1, 0.15) is 61.5 Å². The maximum absolute atomic E-state index is 8.62. The number of ether oxygens (including phenoxy) is 1. The number of methoxy groups -OCH3 is 1. The minimum absolute atomic E-state index is 0.250. The van der Waals surface area contributed by atoms with E-state index < -0.39 is 0 Å². The number of nitrogens with zero attached hydrogens (tertiary/aromatic N) is 3. The lowest BCUT2D eigenvalue weighted by Gasteiger charge is -2.20. The van der Waals surface area contributed by atoms with Crippen molar-refractivity contribution in [2.75, 3.05) is 13.7 Å². The molecule has 0 spiro atoms. The highest BCUT2D eigenvalue weighted by atomic mass is 16.5. The first-order chi connectivity index (χ1) is 10.8. The summed E-state index contributed by atoms with van der Waals surface area (Å²) in [4.78, 5) is 2.92. The Morgan fingerprint density at radius 1 is 1.45 bits per heavy atom. The van der Waals surface area contributed by atoms with Crippen molar-refractivity contribution in [1.29, 1.82) is 0 Å². The van der Waals surface area contributed by atoms with Gasteiger partial charge in [0.1, 0.15) is 5.75 Å². The summed E-state index contributed by atoms with van der Waals surface area (Å²) in [5.74, 6) is 1.84. The van der Waals surface area contributed by atoms with Gasteiger partial charge in [-0.1, -0.05) is 36.2 Å². The minimum Gasteiger partial charge on any atom is -0.496 e. The van der Waals surface area contributed by atoms with E-state index in [4.69, 9.17) is 10.3 Å². The Hall–Kier alpha value is -1.93.